The lowest BCUT2D eigenvalue weighted by molar-refractivity contribution is -0.135. The first-order valence-electron chi connectivity index (χ1n) is 6.09. The number of carbonyl (C=O) groups is 2. The van der Waals surface area contributed by atoms with Crippen LogP contribution in [0.25, 0.3) is 0 Å². The Labute approximate surface area is 116 Å². The van der Waals surface area contributed by atoms with Crippen molar-refractivity contribution in [3.05, 3.63) is 16.6 Å². The Hall–Kier alpha value is -1.47. The fraction of sp³-hybridized carbons (Fsp3) is 0.583. The lowest BCUT2D eigenvalue weighted by Crippen LogP contribution is -2.58. The zero-order chi connectivity index (χ0) is 14.0. The van der Waals surface area contributed by atoms with Crippen LogP contribution in [0.5, 0.6) is 0 Å². The highest BCUT2D eigenvalue weighted by atomic mass is 32.1. The van der Waals surface area contributed by atoms with E-state index in [1.165, 1.54) is 11.3 Å². The molecule has 1 aromatic rings. The Bertz CT molecular complexity index is 460. The van der Waals surface area contributed by atoms with Crippen LogP contribution in [-0.4, -0.2) is 78.3 Å². The topological polar surface area (TPSA) is 56.8 Å². The average Bonchev–Trinajstić information content (AvgIpc) is 2.91. The molecule has 0 aliphatic carbocycles. The predicted molar refractivity (Wildman–Crippen MR) is 73.1 cm³/mol. The Morgan fingerprint density at radius 1 is 1.42 bits per heavy atom. The van der Waals surface area contributed by atoms with E-state index in [-0.39, 0.29) is 17.9 Å². The Kier molecular flexibility index (Phi) is 4.16. The molecule has 1 aromatic heterocycles. The molecule has 104 valence electrons. The summed E-state index contributed by atoms with van der Waals surface area (Å²) in [5, 5.41) is 1.74. The number of nitrogens with zero attached hydrogens (tertiary/aromatic N) is 4. The molecule has 2 heterocycles. The van der Waals surface area contributed by atoms with Crippen molar-refractivity contribution in [1.29, 1.82) is 0 Å². The zero-order valence-electron chi connectivity index (χ0n) is 11.4. The monoisotopic (exact) mass is 282 g/mol. The van der Waals surface area contributed by atoms with Crippen LogP contribution in [0.2, 0.25) is 0 Å². The standard InChI is InChI=1S/C12H18N4O2S/c1-14(2)12(18)10-6-16(5-4-15(10)3)11(17)9-7-19-8-13-9/h7-8,10H,4-6H2,1-3H3. The lowest BCUT2D eigenvalue weighted by atomic mass is 10.1. The molecule has 1 unspecified atom stereocenters. The average molecular weight is 282 g/mol. The molecule has 0 bridgehead atoms. The van der Waals surface area contributed by atoms with Gasteiger partial charge in [-0.05, 0) is 7.05 Å². The van der Waals surface area contributed by atoms with Crippen LogP contribution < -0.4 is 0 Å². The summed E-state index contributed by atoms with van der Waals surface area (Å²) in [6.07, 6.45) is 0. The second kappa shape index (κ2) is 5.66. The minimum Gasteiger partial charge on any atom is -0.347 e. The number of hydrogen-bond acceptors (Lipinski definition) is 5. The molecule has 6 nitrogen and oxygen atoms in total. The molecule has 1 atom stereocenters. The summed E-state index contributed by atoms with van der Waals surface area (Å²) in [6, 6.07) is -0.272. The maximum absolute atomic E-state index is 12.2. The molecule has 0 aromatic carbocycles. The molecular weight excluding hydrogens is 264 g/mol. The van der Waals surface area contributed by atoms with Gasteiger partial charge in [-0.3, -0.25) is 14.5 Å². The van der Waals surface area contributed by atoms with Crippen LogP contribution in [0.1, 0.15) is 10.5 Å². The van der Waals surface area contributed by atoms with Gasteiger partial charge >= 0.3 is 0 Å². The van der Waals surface area contributed by atoms with Crippen molar-refractivity contribution in [3.63, 3.8) is 0 Å². The van der Waals surface area contributed by atoms with Gasteiger partial charge in [-0.25, -0.2) is 4.98 Å². The second-order valence-corrected chi connectivity index (χ2v) is 5.57. The van der Waals surface area contributed by atoms with Gasteiger partial charge in [0.05, 0.1) is 5.51 Å². The number of rotatable bonds is 2. The quantitative estimate of drug-likeness (QED) is 0.765. The van der Waals surface area contributed by atoms with E-state index in [9.17, 15) is 9.59 Å². The molecule has 1 fully saturated rings. The summed E-state index contributed by atoms with van der Waals surface area (Å²) in [5.74, 6) is -0.0656. The fourth-order valence-electron chi connectivity index (χ4n) is 2.10. The van der Waals surface area contributed by atoms with Crippen molar-refractivity contribution in [2.75, 3.05) is 40.8 Å². The van der Waals surface area contributed by atoms with Gasteiger partial charge in [-0.1, -0.05) is 0 Å². The van der Waals surface area contributed by atoms with Crippen molar-refractivity contribution >= 4 is 23.2 Å². The predicted octanol–water partition coefficient (Wildman–Crippen LogP) is -0.0125. The van der Waals surface area contributed by atoms with Crippen LogP contribution in [0.15, 0.2) is 10.9 Å². The number of aromatic nitrogens is 1. The molecule has 0 spiro atoms. The third-order valence-corrected chi connectivity index (χ3v) is 3.90. The summed E-state index contributed by atoms with van der Waals surface area (Å²) in [5.41, 5.74) is 2.11. The highest BCUT2D eigenvalue weighted by molar-refractivity contribution is 7.07. The summed E-state index contributed by atoms with van der Waals surface area (Å²) in [6.45, 7) is 1.74. The smallest absolute Gasteiger partial charge is 0.273 e. The molecule has 1 saturated heterocycles. The summed E-state index contributed by atoms with van der Waals surface area (Å²) < 4.78 is 0. The fourth-order valence-corrected chi connectivity index (χ4v) is 2.63. The lowest BCUT2D eigenvalue weighted by Gasteiger charge is -2.39. The van der Waals surface area contributed by atoms with E-state index in [0.29, 0.717) is 25.3 Å². The van der Waals surface area contributed by atoms with Gasteiger partial charge in [-0.15, -0.1) is 11.3 Å². The maximum atomic E-state index is 12.2. The zero-order valence-corrected chi connectivity index (χ0v) is 12.2. The molecule has 1 aliphatic heterocycles. The van der Waals surface area contributed by atoms with Crippen molar-refractivity contribution in [2.24, 2.45) is 0 Å². The molecule has 0 radical (unpaired) electrons. The Balaban J connectivity index is 2.09. The largest absolute Gasteiger partial charge is 0.347 e. The van der Waals surface area contributed by atoms with Gasteiger partial charge in [0.15, 0.2) is 0 Å². The van der Waals surface area contributed by atoms with E-state index in [2.05, 4.69) is 4.98 Å². The third kappa shape index (κ3) is 2.93. The van der Waals surface area contributed by atoms with E-state index in [0.717, 1.165) is 0 Å². The maximum Gasteiger partial charge on any atom is 0.273 e. The van der Waals surface area contributed by atoms with Crippen LogP contribution in [-0.2, 0) is 4.79 Å². The van der Waals surface area contributed by atoms with Gasteiger partial charge in [0.1, 0.15) is 11.7 Å². The first-order valence-corrected chi connectivity index (χ1v) is 7.04. The Morgan fingerprint density at radius 2 is 2.16 bits per heavy atom. The van der Waals surface area contributed by atoms with Crippen molar-refractivity contribution in [2.45, 2.75) is 6.04 Å². The van der Waals surface area contributed by atoms with Crippen LogP contribution in [0, 0.1) is 0 Å². The number of carbonyl (C=O) groups excluding carboxylic acids is 2. The van der Waals surface area contributed by atoms with Crippen LogP contribution in [0.4, 0.5) is 0 Å². The van der Waals surface area contributed by atoms with Gasteiger partial charge in [0.25, 0.3) is 5.91 Å². The van der Waals surface area contributed by atoms with E-state index < -0.39 is 0 Å². The molecule has 7 heteroatoms. The number of piperazine rings is 1. The van der Waals surface area contributed by atoms with Gasteiger partial charge in [-0.2, -0.15) is 0 Å². The molecule has 19 heavy (non-hydrogen) atoms. The van der Waals surface area contributed by atoms with E-state index in [1.807, 2.05) is 11.9 Å². The molecular formula is C12H18N4O2S. The molecule has 1 aliphatic rings. The van der Waals surface area contributed by atoms with Gasteiger partial charge in [0, 0.05) is 39.1 Å². The number of hydrogen-bond donors (Lipinski definition) is 0. The molecule has 2 rings (SSSR count). The minimum absolute atomic E-state index is 0.0262. The van der Waals surface area contributed by atoms with Crippen LogP contribution in [0.3, 0.4) is 0 Å². The highest BCUT2D eigenvalue weighted by Gasteiger charge is 2.33. The van der Waals surface area contributed by atoms with E-state index >= 15 is 0 Å². The van der Waals surface area contributed by atoms with Crippen molar-refractivity contribution < 1.29 is 9.59 Å². The first kappa shape index (κ1) is 14.0. The summed E-state index contributed by atoms with van der Waals surface area (Å²) >= 11 is 1.40. The molecule has 0 saturated carbocycles. The van der Waals surface area contributed by atoms with Crippen molar-refractivity contribution in [3.8, 4) is 0 Å². The summed E-state index contributed by atoms with van der Waals surface area (Å²) in [4.78, 5) is 33.6. The first-order chi connectivity index (χ1) is 9.00. The number of likely N-dealkylation sites (N-methyl/N-ethyl adjacent to an activating group) is 2. The van der Waals surface area contributed by atoms with Gasteiger partial charge in [0.2, 0.25) is 5.91 Å². The SMILES string of the molecule is CN(C)C(=O)C1CN(C(=O)c2cscn2)CCN1C. The van der Waals surface area contributed by atoms with Gasteiger partial charge < -0.3 is 9.80 Å². The van der Waals surface area contributed by atoms with E-state index in [4.69, 9.17) is 0 Å². The normalized spacial score (nSPS) is 20.4. The number of thiazole rings is 1. The third-order valence-electron chi connectivity index (χ3n) is 3.31. The Morgan fingerprint density at radius 3 is 2.74 bits per heavy atom. The number of amides is 2. The minimum atomic E-state index is -0.272. The highest BCUT2D eigenvalue weighted by Crippen LogP contribution is 2.13. The summed E-state index contributed by atoms with van der Waals surface area (Å²) in [7, 11) is 5.38. The van der Waals surface area contributed by atoms with E-state index in [1.54, 1.807) is 34.8 Å². The molecule has 2 amide bonds. The molecule has 0 N–H and O–H groups in total. The van der Waals surface area contributed by atoms with Crippen molar-refractivity contribution in [1.82, 2.24) is 19.7 Å². The second-order valence-electron chi connectivity index (χ2n) is 4.85. The van der Waals surface area contributed by atoms with Crippen LogP contribution >= 0.6 is 11.3 Å².